The average molecular weight is 554 g/mol. The zero-order chi connectivity index (χ0) is 29.7. The summed E-state index contributed by atoms with van der Waals surface area (Å²) in [6.07, 6.45) is 2.55. The normalized spacial score (nSPS) is 16.9. The van der Waals surface area contributed by atoms with Crippen LogP contribution in [-0.4, -0.2) is 95.0 Å². The molecule has 1 aliphatic rings. The lowest BCUT2D eigenvalue weighted by atomic mass is 10.0. The van der Waals surface area contributed by atoms with Gasteiger partial charge in [-0.15, -0.1) is 0 Å². The summed E-state index contributed by atoms with van der Waals surface area (Å²) in [7, 11) is 0. The summed E-state index contributed by atoms with van der Waals surface area (Å²) in [6, 6.07) is -4.02. The van der Waals surface area contributed by atoms with Gasteiger partial charge in [-0.1, -0.05) is 0 Å². The maximum absolute atomic E-state index is 13.7. The standard InChI is InChI=1S/C24H43N9O6/c1-14(20(26)36)30-21(37)18-10-7-13-32(18)23(39)17(8-6-12-29-24(27)28)31-22(38)19(9-4-5-11-25)33(15(2)34)16(3)35/h14,17-19H,4-13,25H2,1-3H3,(H2,26,36)(H,30,37)(H,31,38)(H4,27,28,29)/t14-,17+,18+,19+/m1/s1. The molecule has 15 nitrogen and oxygen atoms in total. The lowest BCUT2D eigenvalue weighted by molar-refractivity contribution is -0.151. The first-order chi connectivity index (χ1) is 18.3. The number of unbranched alkanes of at least 4 members (excludes halogenated alkanes) is 1. The van der Waals surface area contributed by atoms with Crippen molar-refractivity contribution in [3.8, 4) is 0 Å². The highest BCUT2D eigenvalue weighted by molar-refractivity contribution is 6.00. The first-order valence-electron chi connectivity index (χ1n) is 13.1. The summed E-state index contributed by atoms with van der Waals surface area (Å²) in [4.78, 5) is 81.9. The quantitative estimate of drug-likeness (QED) is 0.0705. The van der Waals surface area contributed by atoms with E-state index in [4.69, 9.17) is 22.9 Å². The highest BCUT2D eigenvalue weighted by Crippen LogP contribution is 2.20. The number of nitrogens with zero attached hydrogens (tertiary/aromatic N) is 3. The van der Waals surface area contributed by atoms with Gasteiger partial charge in [0, 0.05) is 26.9 Å². The lowest BCUT2D eigenvalue weighted by Gasteiger charge is -2.32. The van der Waals surface area contributed by atoms with E-state index >= 15 is 0 Å². The topological polar surface area (TPSA) is 249 Å². The molecule has 0 saturated carbocycles. The molecule has 15 heteroatoms. The zero-order valence-corrected chi connectivity index (χ0v) is 23.0. The van der Waals surface area contributed by atoms with Gasteiger partial charge in [0.2, 0.25) is 35.4 Å². The molecule has 0 aliphatic carbocycles. The number of rotatable bonds is 15. The monoisotopic (exact) mass is 553 g/mol. The Hall–Kier alpha value is -3.75. The second-order valence-corrected chi connectivity index (χ2v) is 9.54. The molecule has 0 aromatic carbocycles. The SMILES string of the molecule is CC(=O)N(C(C)=O)[C@@H](CCCCN)C(=O)N[C@@H](CCCN=C(N)N)C(=O)N1CCC[C@H]1C(=O)N[C@H](C)C(N)=O. The van der Waals surface area contributed by atoms with E-state index in [1.807, 2.05) is 0 Å². The van der Waals surface area contributed by atoms with Crippen molar-refractivity contribution in [1.29, 1.82) is 0 Å². The molecule has 4 atom stereocenters. The number of nitrogens with one attached hydrogen (secondary N) is 2. The van der Waals surface area contributed by atoms with Crippen molar-refractivity contribution in [1.82, 2.24) is 20.4 Å². The predicted octanol–water partition coefficient (Wildman–Crippen LogP) is -2.60. The molecular formula is C24H43N9O6. The van der Waals surface area contributed by atoms with E-state index in [1.54, 1.807) is 0 Å². The van der Waals surface area contributed by atoms with Gasteiger partial charge < -0.3 is 38.5 Å². The molecule has 1 rings (SSSR count). The van der Waals surface area contributed by atoms with Crippen LogP contribution < -0.4 is 33.6 Å². The molecule has 1 fully saturated rings. The van der Waals surface area contributed by atoms with E-state index in [2.05, 4.69) is 15.6 Å². The van der Waals surface area contributed by atoms with E-state index in [-0.39, 0.29) is 31.9 Å². The van der Waals surface area contributed by atoms with E-state index < -0.39 is 59.6 Å². The molecule has 1 heterocycles. The average Bonchev–Trinajstić information content (AvgIpc) is 3.34. The Bertz CT molecular complexity index is 923. The van der Waals surface area contributed by atoms with Crippen LogP contribution in [0.1, 0.15) is 65.7 Å². The van der Waals surface area contributed by atoms with Crippen LogP contribution in [0.2, 0.25) is 0 Å². The molecule has 0 bridgehead atoms. The number of imide groups is 1. The smallest absolute Gasteiger partial charge is 0.245 e. The Balaban J connectivity index is 3.22. The minimum Gasteiger partial charge on any atom is -0.370 e. The Morgan fingerprint density at radius 2 is 1.62 bits per heavy atom. The fourth-order valence-electron chi connectivity index (χ4n) is 4.43. The van der Waals surface area contributed by atoms with Crippen molar-refractivity contribution < 1.29 is 28.8 Å². The maximum Gasteiger partial charge on any atom is 0.245 e. The van der Waals surface area contributed by atoms with Crippen molar-refractivity contribution in [3.63, 3.8) is 0 Å². The number of aliphatic imine (C=N–C) groups is 1. The number of guanidine groups is 1. The molecule has 10 N–H and O–H groups in total. The minimum atomic E-state index is -1.14. The summed E-state index contributed by atoms with van der Waals surface area (Å²) in [6.45, 7) is 4.62. The number of amides is 6. The van der Waals surface area contributed by atoms with Crippen molar-refractivity contribution in [2.24, 2.45) is 27.9 Å². The highest BCUT2D eigenvalue weighted by atomic mass is 16.2. The van der Waals surface area contributed by atoms with Gasteiger partial charge in [0.1, 0.15) is 24.2 Å². The molecule has 0 unspecified atom stereocenters. The zero-order valence-electron chi connectivity index (χ0n) is 23.0. The fourth-order valence-corrected chi connectivity index (χ4v) is 4.43. The lowest BCUT2D eigenvalue weighted by Crippen LogP contribution is -2.58. The Morgan fingerprint density at radius 3 is 2.15 bits per heavy atom. The number of likely N-dealkylation sites (tertiary alicyclic amines) is 1. The van der Waals surface area contributed by atoms with Gasteiger partial charge >= 0.3 is 0 Å². The molecule has 0 aromatic rings. The molecule has 6 amide bonds. The first-order valence-corrected chi connectivity index (χ1v) is 13.1. The second-order valence-electron chi connectivity index (χ2n) is 9.54. The summed E-state index contributed by atoms with van der Waals surface area (Å²) in [5, 5.41) is 5.20. The Kier molecular flexibility index (Phi) is 13.9. The van der Waals surface area contributed by atoms with Crippen LogP contribution in [0.3, 0.4) is 0 Å². The molecule has 0 radical (unpaired) electrons. The predicted molar refractivity (Wildman–Crippen MR) is 143 cm³/mol. The van der Waals surface area contributed by atoms with Crippen molar-refractivity contribution in [2.75, 3.05) is 19.6 Å². The number of hydrogen-bond acceptors (Lipinski definition) is 8. The van der Waals surface area contributed by atoms with Crippen molar-refractivity contribution >= 4 is 41.4 Å². The molecule has 1 saturated heterocycles. The fraction of sp³-hybridized carbons (Fsp3) is 0.708. The number of carbonyl (C=O) groups is 6. The van der Waals surface area contributed by atoms with Gasteiger partial charge in [-0.05, 0) is 58.4 Å². The molecule has 220 valence electrons. The summed E-state index contributed by atoms with van der Waals surface area (Å²) < 4.78 is 0. The van der Waals surface area contributed by atoms with E-state index in [0.29, 0.717) is 38.6 Å². The van der Waals surface area contributed by atoms with Gasteiger partial charge in [0.15, 0.2) is 5.96 Å². The van der Waals surface area contributed by atoms with Crippen LogP contribution in [0.4, 0.5) is 0 Å². The van der Waals surface area contributed by atoms with Gasteiger partial charge in [-0.2, -0.15) is 0 Å². The van der Waals surface area contributed by atoms with Crippen LogP contribution in [0.25, 0.3) is 0 Å². The molecule has 0 spiro atoms. The Morgan fingerprint density at radius 1 is 0.974 bits per heavy atom. The summed E-state index contributed by atoms with van der Waals surface area (Å²) in [5.41, 5.74) is 21.6. The summed E-state index contributed by atoms with van der Waals surface area (Å²) in [5.74, 6) is -3.78. The van der Waals surface area contributed by atoms with Crippen molar-refractivity contribution in [3.05, 3.63) is 0 Å². The first kappa shape index (κ1) is 33.3. The van der Waals surface area contributed by atoms with Crippen LogP contribution >= 0.6 is 0 Å². The Labute approximate surface area is 228 Å². The number of nitrogens with two attached hydrogens (primary N) is 4. The third kappa shape index (κ3) is 10.5. The van der Waals surface area contributed by atoms with Crippen LogP contribution in [-0.2, 0) is 28.8 Å². The minimum absolute atomic E-state index is 0.125. The second kappa shape index (κ2) is 16.3. The maximum atomic E-state index is 13.7. The van der Waals surface area contributed by atoms with Gasteiger partial charge in [0.05, 0.1) is 0 Å². The van der Waals surface area contributed by atoms with E-state index in [0.717, 1.165) is 4.90 Å². The van der Waals surface area contributed by atoms with Gasteiger partial charge in [0.25, 0.3) is 0 Å². The third-order valence-electron chi connectivity index (χ3n) is 6.41. The number of carbonyl (C=O) groups excluding carboxylic acids is 6. The third-order valence-corrected chi connectivity index (χ3v) is 6.41. The highest BCUT2D eigenvalue weighted by Gasteiger charge is 2.39. The van der Waals surface area contributed by atoms with Crippen molar-refractivity contribution in [2.45, 2.75) is 89.9 Å². The number of primary amides is 1. The van der Waals surface area contributed by atoms with E-state index in [9.17, 15) is 28.8 Å². The van der Waals surface area contributed by atoms with Gasteiger partial charge in [-0.25, -0.2) is 0 Å². The molecule has 39 heavy (non-hydrogen) atoms. The van der Waals surface area contributed by atoms with Crippen LogP contribution in [0.5, 0.6) is 0 Å². The largest absolute Gasteiger partial charge is 0.370 e. The summed E-state index contributed by atoms with van der Waals surface area (Å²) >= 11 is 0. The van der Waals surface area contributed by atoms with Crippen LogP contribution in [0.15, 0.2) is 4.99 Å². The number of hydrogen-bond donors (Lipinski definition) is 6. The van der Waals surface area contributed by atoms with Gasteiger partial charge in [-0.3, -0.25) is 38.7 Å². The molecule has 1 aliphatic heterocycles. The van der Waals surface area contributed by atoms with Crippen LogP contribution in [0, 0.1) is 0 Å². The molecular weight excluding hydrogens is 510 g/mol. The van der Waals surface area contributed by atoms with E-state index in [1.165, 1.54) is 25.7 Å². The molecule has 0 aromatic heterocycles.